The average molecular weight is 232 g/mol. The molecule has 1 aromatic rings. The molecule has 0 aliphatic carbocycles. The van der Waals surface area contributed by atoms with Crippen molar-refractivity contribution in [3.8, 4) is 0 Å². The summed E-state index contributed by atoms with van der Waals surface area (Å²) in [4.78, 5) is 1.10. The SMILES string of the molecule is NCCOCCSc1ccccc1Cl. The lowest BCUT2D eigenvalue weighted by Gasteiger charge is -2.04. The van der Waals surface area contributed by atoms with E-state index in [1.807, 2.05) is 24.3 Å². The molecule has 0 bridgehead atoms. The van der Waals surface area contributed by atoms with E-state index in [0.29, 0.717) is 19.8 Å². The zero-order valence-corrected chi connectivity index (χ0v) is 9.48. The van der Waals surface area contributed by atoms with E-state index < -0.39 is 0 Å². The molecule has 0 unspecified atom stereocenters. The van der Waals surface area contributed by atoms with Crippen LogP contribution in [-0.4, -0.2) is 25.5 Å². The number of hydrogen-bond acceptors (Lipinski definition) is 3. The van der Waals surface area contributed by atoms with Crippen LogP contribution in [0.5, 0.6) is 0 Å². The summed E-state index contributed by atoms with van der Waals surface area (Å²) in [7, 11) is 0. The van der Waals surface area contributed by atoms with Crippen LogP contribution in [0.3, 0.4) is 0 Å². The molecule has 0 spiro atoms. The fourth-order valence-corrected chi connectivity index (χ4v) is 2.06. The second-order valence-electron chi connectivity index (χ2n) is 2.68. The van der Waals surface area contributed by atoms with E-state index in [4.69, 9.17) is 22.1 Å². The van der Waals surface area contributed by atoms with E-state index in [1.54, 1.807) is 11.8 Å². The summed E-state index contributed by atoms with van der Waals surface area (Å²) in [5.74, 6) is 0.906. The minimum Gasteiger partial charge on any atom is -0.379 e. The van der Waals surface area contributed by atoms with Gasteiger partial charge in [-0.2, -0.15) is 0 Å². The molecule has 0 aromatic heterocycles. The zero-order chi connectivity index (χ0) is 10.2. The highest BCUT2D eigenvalue weighted by Crippen LogP contribution is 2.26. The van der Waals surface area contributed by atoms with Crippen molar-refractivity contribution in [2.24, 2.45) is 5.73 Å². The first-order valence-electron chi connectivity index (χ1n) is 4.49. The van der Waals surface area contributed by atoms with Crippen LogP contribution < -0.4 is 5.73 Å². The van der Waals surface area contributed by atoms with Crippen molar-refractivity contribution in [1.82, 2.24) is 0 Å². The Kier molecular flexibility index (Phi) is 6.03. The summed E-state index contributed by atoms with van der Waals surface area (Å²) in [5, 5.41) is 0.802. The standard InChI is InChI=1S/C10H14ClNOS/c11-9-3-1-2-4-10(9)14-8-7-13-6-5-12/h1-4H,5-8,12H2. The van der Waals surface area contributed by atoms with Gasteiger partial charge >= 0.3 is 0 Å². The topological polar surface area (TPSA) is 35.2 Å². The third-order valence-corrected chi connectivity index (χ3v) is 3.06. The smallest absolute Gasteiger partial charge is 0.0589 e. The lowest BCUT2D eigenvalue weighted by Crippen LogP contribution is -2.09. The highest BCUT2D eigenvalue weighted by molar-refractivity contribution is 7.99. The molecule has 2 N–H and O–H groups in total. The number of halogens is 1. The third kappa shape index (κ3) is 4.33. The number of hydrogen-bond donors (Lipinski definition) is 1. The molecule has 0 saturated heterocycles. The minimum absolute atomic E-state index is 0.580. The first kappa shape index (κ1) is 11.9. The maximum absolute atomic E-state index is 5.98. The Morgan fingerprint density at radius 1 is 1.29 bits per heavy atom. The molecule has 2 nitrogen and oxygen atoms in total. The van der Waals surface area contributed by atoms with Gasteiger partial charge in [-0.1, -0.05) is 23.7 Å². The Morgan fingerprint density at radius 2 is 2.07 bits per heavy atom. The molecule has 0 amide bonds. The average Bonchev–Trinajstić information content (AvgIpc) is 2.20. The van der Waals surface area contributed by atoms with Crippen LogP contribution in [0.1, 0.15) is 0 Å². The van der Waals surface area contributed by atoms with E-state index in [-0.39, 0.29) is 0 Å². The Labute approximate surface area is 93.8 Å². The number of rotatable bonds is 6. The molecular formula is C10H14ClNOS. The van der Waals surface area contributed by atoms with Crippen molar-refractivity contribution in [2.45, 2.75) is 4.90 Å². The van der Waals surface area contributed by atoms with E-state index in [9.17, 15) is 0 Å². The van der Waals surface area contributed by atoms with Gasteiger partial charge in [0.25, 0.3) is 0 Å². The quantitative estimate of drug-likeness (QED) is 0.603. The first-order valence-corrected chi connectivity index (χ1v) is 5.86. The summed E-state index contributed by atoms with van der Waals surface area (Å²) in [5.41, 5.74) is 5.29. The second kappa shape index (κ2) is 7.12. The predicted octanol–water partition coefficient (Wildman–Crippen LogP) is 2.41. The summed E-state index contributed by atoms with van der Waals surface area (Å²) in [6.07, 6.45) is 0. The lowest BCUT2D eigenvalue weighted by molar-refractivity contribution is 0.158. The maximum Gasteiger partial charge on any atom is 0.0589 e. The van der Waals surface area contributed by atoms with Gasteiger partial charge in [0.15, 0.2) is 0 Å². The van der Waals surface area contributed by atoms with Crippen LogP contribution in [0.4, 0.5) is 0 Å². The van der Waals surface area contributed by atoms with Gasteiger partial charge in [0.2, 0.25) is 0 Å². The van der Waals surface area contributed by atoms with E-state index in [0.717, 1.165) is 15.7 Å². The molecular weight excluding hydrogens is 218 g/mol. The summed E-state index contributed by atoms with van der Waals surface area (Å²) >= 11 is 7.68. The second-order valence-corrected chi connectivity index (χ2v) is 4.22. The van der Waals surface area contributed by atoms with E-state index >= 15 is 0 Å². The van der Waals surface area contributed by atoms with Gasteiger partial charge in [-0.15, -0.1) is 11.8 Å². The first-order chi connectivity index (χ1) is 6.84. The summed E-state index contributed by atoms with van der Waals surface area (Å²) in [6.45, 7) is 1.92. The van der Waals surface area contributed by atoms with Gasteiger partial charge in [0.05, 0.1) is 18.2 Å². The van der Waals surface area contributed by atoms with Crippen LogP contribution in [0.15, 0.2) is 29.2 Å². The van der Waals surface area contributed by atoms with Crippen molar-refractivity contribution < 1.29 is 4.74 Å². The molecule has 0 saturated carbocycles. The van der Waals surface area contributed by atoms with Gasteiger partial charge in [-0.05, 0) is 12.1 Å². The van der Waals surface area contributed by atoms with E-state index in [2.05, 4.69) is 0 Å². The van der Waals surface area contributed by atoms with Crippen LogP contribution in [0.25, 0.3) is 0 Å². The molecule has 0 radical (unpaired) electrons. The largest absolute Gasteiger partial charge is 0.379 e. The summed E-state index contributed by atoms with van der Waals surface area (Å²) in [6, 6.07) is 7.81. The summed E-state index contributed by atoms with van der Waals surface area (Å²) < 4.78 is 5.26. The molecule has 1 aromatic carbocycles. The van der Waals surface area contributed by atoms with Gasteiger partial charge in [-0.3, -0.25) is 0 Å². The highest BCUT2D eigenvalue weighted by atomic mass is 35.5. The third-order valence-electron chi connectivity index (χ3n) is 1.58. The Balaban J connectivity index is 2.21. The normalized spacial score (nSPS) is 10.4. The number of benzene rings is 1. The monoisotopic (exact) mass is 231 g/mol. The minimum atomic E-state index is 0.580. The lowest BCUT2D eigenvalue weighted by atomic mass is 10.4. The van der Waals surface area contributed by atoms with Crippen molar-refractivity contribution in [1.29, 1.82) is 0 Å². The fourth-order valence-electron chi connectivity index (χ4n) is 0.958. The molecule has 78 valence electrons. The number of ether oxygens (including phenoxy) is 1. The number of thioether (sulfide) groups is 1. The zero-order valence-electron chi connectivity index (χ0n) is 7.91. The Bertz CT molecular complexity index is 270. The molecule has 0 aliphatic heterocycles. The molecule has 1 rings (SSSR count). The van der Waals surface area contributed by atoms with Crippen molar-refractivity contribution >= 4 is 23.4 Å². The van der Waals surface area contributed by atoms with Crippen LogP contribution >= 0.6 is 23.4 Å². The Hall–Kier alpha value is -0.220. The van der Waals surface area contributed by atoms with Gasteiger partial charge in [-0.25, -0.2) is 0 Å². The van der Waals surface area contributed by atoms with Crippen molar-refractivity contribution in [2.75, 3.05) is 25.5 Å². The maximum atomic E-state index is 5.98. The highest BCUT2D eigenvalue weighted by Gasteiger charge is 1.98. The molecule has 14 heavy (non-hydrogen) atoms. The van der Waals surface area contributed by atoms with Crippen LogP contribution in [0.2, 0.25) is 5.02 Å². The molecule has 0 atom stereocenters. The van der Waals surface area contributed by atoms with Crippen LogP contribution in [-0.2, 0) is 4.74 Å². The molecule has 0 heterocycles. The van der Waals surface area contributed by atoms with E-state index in [1.165, 1.54) is 0 Å². The molecule has 4 heteroatoms. The molecule has 0 fully saturated rings. The van der Waals surface area contributed by atoms with Crippen molar-refractivity contribution in [3.05, 3.63) is 29.3 Å². The molecule has 0 aliphatic rings. The fraction of sp³-hybridized carbons (Fsp3) is 0.400. The number of nitrogens with two attached hydrogens (primary N) is 1. The van der Waals surface area contributed by atoms with Crippen molar-refractivity contribution in [3.63, 3.8) is 0 Å². The van der Waals surface area contributed by atoms with Gasteiger partial charge < -0.3 is 10.5 Å². The van der Waals surface area contributed by atoms with Gasteiger partial charge in [0.1, 0.15) is 0 Å². The van der Waals surface area contributed by atoms with Gasteiger partial charge in [0, 0.05) is 17.2 Å². The Morgan fingerprint density at radius 3 is 2.79 bits per heavy atom. The van der Waals surface area contributed by atoms with Crippen LogP contribution in [0, 0.1) is 0 Å². The predicted molar refractivity (Wildman–Crippen MR) is 62.0 cm³/mol.